The van der Waals surface area contributed by atoms with Gasteiger partial charge >= 0.3 is 0 Å². The first-order valence-corrected chi connectivity index (χ1v) is 5.42. The van der Waals surface area contributed by atoms with Gasteiger partial charge in [-0.25, -0.2) is 4.98 Å². The van der Waals surface area contributed by atoms with E-state index >= 15 is 0 Å². The molecule has 0 spiro atoms. The Morgan fingerprint density at radius 3 is 2.75 bits per heavy atom. The maximum Gasteiger partial charge on any atom is 0.249 e. The summed E-state index contributed by atoms with van der Waals surface area (Å²) in [5.74, 6) is 0.160. The minimum Gasteiger partial charge on any atom is -0.329 e. The van der Waals surface area contributed by atoms with E-state index < -0.39 is 5.41 Å². The normalized spacial score (nSPS) is 18.3. The maximum atomic E-state index is 12.1. The lowest BCUT2D eigenvalue weighted by atomic mass is 9.85. The van der Waals surface area contributed by atoms with Crippen LogP contribution in [0.25, 0.3) is 0 Å². The van der Waals surface area contributed by atoms with Gasteiger partial charge in [0.05, 0.1) is 17.8 Å². The average molecular weight is 221 g/mol. The molecule has 1 aliphatic carbocycles. The van der Waals surface area contributed by atoms with Crippen molar-refractivity contribution in [3.8, 4) is 0 Å². The number of nitrogens with two attached hydrogens (primary N) is 1. The Hall–Kier alpha value is -1.56. The molecule has 0 radical (unpaired) electrons. The fraction of sp³-hybridized carbons (Fsp3) is 0.600. The lowest BCUT2D eigenvalue weighted by Gasteiger charge is -2.24. The smallest absolute Gasteiger partial charge is 0.249 e. The van der Waals surface area contributed by atoms with Gasteiger partial charge in [0.15, 0.2) is 0 Å². The molecule has 1 aliphatic rings. The number of aromatic nitrogens is 3. The van der Waals surface area contributed by atoms with E-state index in [2.05, 4.69) is 20.5 Å². The summed E-state index contributed by atoms with van der Waals surface area (Å²) >= 11 is 0. The van der Waals surface area contributed by atoms with Crippen LogP contribution in [0.4, 0.5) is 5.95 Å². The summed E-state index contributed by atoms with van der Waals surface area (Å²) < 4.78 is 0. The molecule has 0 aliphatic heterocycles. The van der Waals surface area contributed by atoms with Crippen LogP contribution in [0, 0.1) is 5.41 Å². The van der Waals surface area contributed by atoms with Crippen molar-refractivity contribution in [2.24, 2.45) is 11.1 Å². The summed E-state index contributed by atoms with van der Waals surface area (Å²) in [6.07, 6.45) is 6.75. The van der Waals surface area contributed by atoms with Gasteiger partial charge in [0.2, 0.25) is 11.9 Å². The van der Waals surface area contributed by atoms with Crippen LogP contribution in [0.2, 0.25) is 0 Å². The van der Waals surface area contributed by atoms with Crippen LogP contribution in [-0.2, 0) is 4.79 Å². The standard InChI is InChI=1S/C10H15N5O/c11-7-10(3-1-2-4-10)8(16)14-9-12-5-6-13-15-9/h5-6H,1-4,7,11H2,(H,12,14,15,16). The van der Waals surface area contributed by atoms with E-state index in [4.69, 9.17) is 5.73 Å². The summed E-state index contributed by atoms with van der Waals surface area (Å²) in [4.78, 5) is 16.0. The SMILES string of the molecule is NCC1(C(=O)Nc2nccnn2)CCCC1. The second-order valence-corrected chi connectivity index (χ2v) is 4.11. The molecule has 1 amide bonds. The van der Waals surface area contributed by atoms with E-state index in [1.807, 2.05) is 0 Å². The summed E-state index contributed by atoms with van der Waals surface area (Å²) in [6, 6.07) is 0. The van der Waals surface area contributed by atoms with E-state index in [1.54, 1.807) is 0 Å². The van der Waals surface area contributed by atoms with Crippen LogP contribution in [-0.4, -0.2) is 27.6 Å². The number of hydrogen-bond donors (Lipinski definition) is 2. The first kappa shape index (κ1) is 10.9. The largest absolute Gasteiger partial charge is 0.329 e. The molecular weight excluding hydrogens is 206 g/mol. The summed E-state index contributed by atoms with van der Waals surface area (Å²) in [5, 5.41) is 10.0. The molecule has 1 fully saturated rings. The molecule has 3 N–H and O–H groups in total. The molecule has 1 heterocycles. The Kier molecular flexibility index (Phi) is 3.09. The van der Waals surface area contributed by atoms with Crippen LogP contribution in [0.15, 0.2) is 12.4 Å². The van der Waals surface area contributed by atoms with Crippen LogP contribution in [0.3, 0.4) is 0 Å². The topological polar surface area (TPSA) is 93.8 Å². The number of carbonyl (C=O) groups is 1. The molecule has 6 nitrogen and oxygen atoms in total. The van der Waals surface area contributed by atoms with Crippen molar-refractivity contribution in [3.05, 3.63) is 12.4 Å². The summed E-state index contributed by atoms with van der Waals surface area (Å²) in [5.41, 5.74) is 5.27. The highest BCUT2D eigenvalue weighted by Gasteiger charge is 2.40. The van der Waals surface area contributed by atoms with Gasteiger partial charge < -0.3 is 5.73 Å². The number of rotatable bonds is 3. The first-order valence-electron chi connectivity index (χ1n) is 5.42. The second-order valence-electron chi connectivity index (χ2n) is 4.11. The molecule has 0 bridgehead atoms. The van der Waals surface area contributed by atoms with E-state index in [1.165, 1.54) is 12.4 Å². The Morgan fingerprint density at radius 2 is 2.19 bits per heavy atom. The molecular formula is C10H15N5O. The fourth-order valence-corrected chi connectivity index (χ4v) is 2.11. The molecule has 0 unspecified atom stereocenters. The Morgan fingerprint density at radius 1 is 1.44 bits per heavy atom. The Balaban J connectivity index is 2.07. The molecule has 1 aromatic heterocycles. The maximum absolute atomic E-state index is 12.1. The number of hydrogen-bond acceptors (Lipinski definition) is 5. The number of carbonyl (C=O) groups excluding carboxylic acids is 1. The van der Waals surface area contributed by atoms with Gasteiger partial charge in [-0.15, -0.1) is 5.10 Å². The third kappa shape index (κ3) is 2.01. The second kappa shape index (κ2) is 4.52. The van der Waals surface area contributed by atoms with E-state index in [9.17, 15) is 4.79 Å². The Bertz CT molecular complexity index is 361. The van der Waals surface area contributed by atoms with E-state index in [0.717, 1.165) is 25.7 Å². The lowest BCUT2D eigenvalue weighted by molar-refractivity contribution is -0.124. The highest BCUT2D eigenvalue weighted by atomic mass is 16.2. The van der Waals surface area contributed by atoms with Gasteiger partial charge in [-0.1, -0.05) is 12.8 Å². The van der Waals surface area contributed by atoms with E-state index in [0.29, 0.717) is 6.54 Å². The summed E-state index contributed by atoms with van der Waals surface area (Å²) in [7, 11) is 0. The van der Waals surface area contributed by atoms with Gasteiger partial charge in [-0.2, -0.15) is 5.10 Å². The fourth-order valence-electron chi connectivity index (χ4n) is 2.11. The zero-order chi connectivity index (χ0) is 11.4. The highest BCUT2D eigenvalue weighted by Crippen LogP contribution is 2.37. The lowest BCUT2D eigenvalue weighted by Crippen LogP contribution is -2.40. The van der Waals surface area contributed by atoms with Crippen LogP contribution in [0.5, 0.6) is 0 Å². The molecule has 16 heavy (non-hydrogen) atoms. The van der Waals surface area contributed by atoms with Crippen LogP contribution in [0.1, 0.15) is 25.7 Å². The quantitative estimate of drug-likeness (QED) is 0.767. The van der Waals surface area contributed by atoms with Crippen LogP contribution < -0.4 is 11.1 Å². The van der Waals surface area contributed by atoms with Crippen molar-refractivity contribution < 1.29 is 4.79 Å². The predicted molar refractivity (Wildman–Crippen MR) is 58.4 cm³/mol. The van der Waals surface area contributed by atoms with Crippen molar-refractivity contribution in [1.82, 2.24) is 15.2 Å². The van der Waals surface area contributed by atoms with Gasteiger partial charge in [-0.3, -0.25) is 10.1 Å². The monoisotopic (exact) mass is 221 g/mol. The zero-order valence-electron chi connectivity index (χ0n) is 9.02. The zero-order valence-corrected chi connectivity index (χ0v) is 9.02. The summed E-state index contributed by atoms with van der Waals surface area (Å²) in [6.45, 7) is 0.374. The van der Waals surface area contributed by atoms with Crippen molar-refractivity contribution in [3.63, 3.8) is 0 Å². The molecule has 0 aromatic carbocycles. The van der Waals surface area contributed by atoms with Gasteiger partial charge in [-0.05, 0) is 12.8 Å². The van der Waals surface area contributed by atoms with Crippen LogP contribution >= 0.6 is 0 Å². The molecule has 86 valence electrons. The van der Waals surface area contributed by atoms with Gasteiger partial charge in [0.25, 0.3) is 0 Å². The van der Waals surface area contributed by atoms with E-state index in [-0.39, 0.29) is 11.9 Å². The number of nitrogens with zero attached hydrogens (tertiary/aromatic N) is 3. The predicted octanol–water partition coefficient (Wildman–Crippen LogP) is 0.329. The van der Waals surface area contributed by atoms with Crippen molar-refractivity contribution >= 4 is 11.9 Å². The van der Waals surface area contributed by atoms with Gasteiger partial charge in [0, 0.05) is 6.54 Å². The number of anilines is 1. The van der Waals surface area contributed by atoms with Crippen molar-refractivity contribution in [2.75, 3.05) is 11.9 Å². The Labute approximate surface area is 93.7 Å². The molecule has 6 heteroatoms. The first-order chi connectivity index (χ1) is 7.77. The molecule has 0 atom stereocenters. The van der Waals surface area contributed by atoms with Gasteiger partial charge in [0.1, 0.15) is 0 Å². The minimum atomic E-state index is -0.431. The third-order valence-electron chi connectivity index (χ3n) is 3.14. The molecule has 0 saturated heterocycles. The number of amides is 1. The molecule has 1 saturated carbocycles. The van der Waals surface area contributed by atoms with Crippen molar-refractivity contribution in [2.45, 2.75) is 25.7 Å². The molecule has 1 aromatic rings. The molecule has 2 rings (SSSR count). The third-order valence-corrected chi connectivity index (χ3v) is 3.14. The number of nitrogens with one attached hydrogen (secondary N) is 1. The minimum absolute atomic E-state index is 0.0829. The van der Waals surface area contributed by atoms with Crippen molar-refractivity contribution in [1.29, 1.82) is 0 Å². The highest BCUT2D eigenvalue weighted by molar-refractivity contribution is 5.94. The average Bonchev–Trinajstić information content (AvgIpc) is 2.80.